The highest BCUT2D eigenvalue weighted by atomic mass is 16.5. The van der Waals surface area contributed by atoms with Crippen LogP contribution in [-0.2, 0) is 11.4 Å². The first-order valence-electron chi connectivity index (χ1n) is 11.2. The Bertz CT molecular complexity index is 886. The number of nitrogens with zero attached hydrogens (tertiary/aromatic N) is 1. The van der Waals surface area contributed by atoms with Crippen molar-refractivity contribution >= 4 is 12.1 Å². The van der Waals surface area contributed by atoms with Gasteiger partial charge in [-0.15, -0.1) is 0 Å². The molecule has 0 spiro atoms. The van der Waals surface area contributed by atoms with E-state index in [2.05, 4.69) is 10.5 Å². The van der Waals surface area contributed by atoms with E-state index in [0.717, 1.165) is 34.6 Å². The lowest BCUT2D eigenvalue weighted by molar-refractivity contribution is -0.129. The zero-order valence-corrected chi connectivity index (χ0v) is 17.4. The second-order valence-electron chi connectivity index (χ2n) is 9.73. The fourth-order valence-electron chi connectivity index (χ4n) is 6.49. The number of carbonyl (C=O) groups excluding carboxylic acids is 1. The Kier molecular flexibility index (Phi) is 5.32. The molecule has 0 aromatic heterocycles. The third kappa shape index (κ3) is 4.43. The lowest BCUT2D eigenvalue weighted by Crippen LogP contribution is -2.47. The fraction of sp³-hybridized carbons (Fsp3) is 0.462. The second kappa shape index (κ2) is 8.25. The minimum Gasteiger partial charge on any atom is -0.489 e. The zero-order chi connectivity index (χ0) is 20.4. The molecule has 1 amide bonds. The average molecular weight is 403 g/mol. The molecule has 0 heterocycles. The van der Waals surface area contributed by atoms with E-state index in [1.807, 2.05) is 54.6 Å². The van der Waals surface area contributed by atoms with Gasteiger partial charge in [0.1, 0.15) is 12.4 Å². The van der Waals surface area contributed by atoms with Crippen LogP contribution in [-0.4, -0.2) is 12.1 Å². The van der Waals surface area contributed by atoms with Crippen molar-refractivity contribution in [2.45, 2.75) is 51.6 Å². The molecule has 4 bridgehead atoms. The lowest BCUT2D eigenvalue weighted by Gasteiger charge is -2.56. The molecule has 0 radical (unpaired) electrons. The zero-order valence-electron chi connectivity index (χ0n) is 17.4. The first kappa shape index (κ1) is 19.3. The SMILES string of the molecule is O=C(CC12CC3CC(CC(C3)C1)C2)N/N=C\c1cccc(OCc2ccccc2)c1. The Hall–Kier alpha value is -2.62. The van der Waals surface area contributed by atoms with Crippen LogP contribution >= 0.6 is 0 Å². The monoisotopic (exact) mass is 402 g/mol. The van der Waals surface area contributed by atoms with E-state index in [0.29, 0.717) is 13.0 Å². The van der Waals surface area contributed by atoms with Crippen molar-refractivity contribution < 1.29 is 9.53 Å². The number of rotatable bonds is 7. The number of benzene rings is 2. The molecule has 1 N–H and O–H groups in total. The van der Waals surface area contributed by atoms with Crippen molar-refractivity contribution in [1.82, 2.24) is 5.43 Å². The summed E-state index contributed by atoms with van der Waals surface area (Å²) in [6.45, 7) is 0.531. The summed E-state index contributed by atoms with van der Waals surface area (Å²) < 4.78 is 5.87. The number of hydrazone groups is 1. The number of carbonyl (C=O) groups is 1. The van der Waals surface area contributed by atoms with E-state index in [1.54, 1.807) is 6.21 Å². The molecule has 6 rings (SSSR count). The van der Waals surface area contributed by atoms with Gasteiger partial charge in [-0.3, -0.25) is 4.79 Å². The summed E-state index contributed by atoms with van der Waals surface area (Å²) in [6, 6.07) is 17.9. The molecule has 0 aliphatic heterocycles. The van der Waals surface area contributed by atoms with E-state index in [9.17, 15) is 4.79 Å². The fourth-order valence-corrected chi connectivity index (χ4v) is 6.49. The van der Waals surface area contributed by atoms with Gasteiger partial charge in [0, 0.05) is 6.42 Å². The van der Waals surface area contributed by atoms with Crippen LogP contribution in [0, 0.1) is 23.2 Å². The highest BCUT2D eigenvalue weighted by molar-refractivity contribution is 5.83. The predicted molar refractivity (Wildman–Crippen MR) is 118 cm³/mol. The first-order chi connectivity index (χ1) is 14.7. The number of ether oxygens (including phenoxy) is 1. The average Bonchev–Trinajstić information content (AvgIpc) is 2.72. The van der Waals surface area contributed by atoms with Crippen LogP contribution in [0.4, 0.5) is 0 Å². The summed E-state index contributed by atoms with van der Waals surface area (Å²) >= 11 is 0. The van der Waals surface area contributed by atoms with Gasteiger partial charge in [-0.1, -0.05) is 42.5 Å². The molecule has 4 saturated carbocycles. The Morgan fingerprint density at radius 3 is 2.40 bits per heavy atom. The molecule has 4 heteroatoms. The van der Waals surface area contributed by atoms with Crippen LogP contribution < -0.4 is 10.2 Å². The first-order valence-corrected chi connectivity index (χ1v) is 11.2. The molecule has 0 unspecified atom stereocenters. The summed E-state index contributed by atoms with van der Waals surface area (Å²) in [4.78, 5) is 12.6. The summed E-state index contributed by atoms with van der Waals surface area (Å²) in [5.41, 5.74) is 5.07. The van der Waals surface area contributed by atoms with E-state index in [-0.39, 0.29) is 11.3 Å². The summed E-state index contributed by atoms with van der Waals surface area (Å²) in [7, 11) is 0. The molecule has 4 nitrogen and oxygen atoms in total. The molecular formula is C26H30N2O2. The van der Waals surface area contributed by atoms with E-state index in [1.165, 1.54) is 38.5 Å². The van der Waals surface area contributed by atoms with Crippen LogP contribution in [0.25, 0.3) is 0 Å². The number of hydrogen-bond donors (Lipinski definition) is 1. The summed E-state index contributed by atoms with van der Waals surface area (Å²) in [5.74, 6) is 3.45. The summed E-state index contributed by atoms with van der Waals surface area (Å²) in [6.07, 6.45) is 10.3. The Morgan fingerprint density at radius 1 is 1.00 bits per heavy atom. The minimum atomic E-state index is 0.0599. The Balaban J connectivity index is 1.14. The minimum absolute atomic E-state index is 0.0599. The van der Waals surface area contributed by atoms with Crippen LogP contribution in [0.15, 0.2) is 59.7 Å². The van der Waals surface area contributed by atoms with Gasteiger partial charge in [-0.25, -0.2) is 5.43 Å². The van der Waals surface area contributed by atoms with Crippen molar-refractivity contribution in [2.24, 2.45) is 28.3 Å². The van der Waals surface area contributed by atoms with Gasteiger partial charge >= 0.3 is 0 Å². The second-order valence-corrected chi connectivity index (χ2v) is 9.73. The maximum absolute atomic E-state index is 12.6. The molecule has 0 saturated heterocycles. The molecule has 2 aromatic rings. The van der Waals surface area contributed by atoms with Crippen LogP contribution in [0.5, 0.6) is 5.75 Å². The van der Waals surface area contributed by atoms with Gasteiger partial charge in [0.05, 0.1) is 6.21 Å². The topological polar surface area (TPSA) is 50.7 Å². The van der Waals surface area contributed by atoms with Gasteiger partial charge < -0.3 is 4.74 Å². The highest BCUT2D eigenvalue weighted by Gasteiger charge is 2.51. The number of hydrogen-bond acceptors (Lipinski definition) is 3. The molecule has 4 aliphatic rings. The van der Waals surface area contributed by atoms with Crippen molar-refractivity contribution in [3.63, 3.8) is 0 Å². The van der Waals surface area contributed by atoms with Gasteiger partial charge in [-0.05, 0) is 85.0 Å². The van der Waals surface area contributed by atoms with Crippen LogP contribution in [0.3, 0.4) is 0 Å². The van der Waals surface area contributed by atoms with Crippen molar-refractivity contribution in [1.29, 1.82) is 0 Å². The third-order valence-corrected chi connectivity index (χ3v) is 7.21. The van der Waals surface area contributed by atoms with Crippen LogP contribution in [0.2, 0.25) is 0 Å². The maximum atomic E-state index is 12.6. The van der Waals surface area contributed by atoms with Crippen molar-refractivity contribution in [3.05, 3.63) is 65.7 Å². The summed E-state index contributed by atoms with van der Waals surface area (Å²) in [5, 5.41) is 4.22. The van der Waals surface area contributed by atoms with E-state index < -0.39 is 0 Å². The molecular weight excluding hydrogens is 372 g/mol. The molecule has 156 valence electrons. The van der Waals surface area contributed by atoms with Gasteiger partial charge in [0.15, 0.2) is 0 Å². The Morgan fingerprint density at radius 2 is 1.70 bits per heavy atom. The molecule has 4 fully saturated rings. The van der Waals surface area contributed by atoms with Crippen LogP contribution in [0.1, 0.15) is 56.1 Å². The molecule has 30 heavy (non-hydrogen) atoms. The smallest absolute Gasteiger partial charge is 0.240 e. The quantitative estimate of drug-likeness (QED) is 0.503. The predicted octanol–water partition coefficient (Wildman–Crippen LogP) is 5.32. The normalized spacial score (nSPS) is 29.3. The highest BCUT2D eigenvalue weighted by Crippen LogP contribution is 2.61. The Labute approximate surface area is 178 Å². The van der Waals surface area contributed by atoms with Gasteiger partial charge in [-0.2, -0.15) is 5.10 Å². The van der Waals surface area contributed by atoms with Gasteiger partial charge in [0.2, 0.25) is 5.91 Å². The molecule has 0 atom stereocenters. The van der Waals surface area contributed by atoms with E-state index >= 15 is 0 Å². The van der Waals surface area contributed by atoms with Crippen molar-refractivity contribution in [3.8, 4) is 5.75 Å². The number of nitrogens with one attached hydrogen (secondary N) is 1. The van der Waals surface area contributed by atoms with Gasteiger partial charge in [0.25, 0.3) is 0 Å². The largest absolute Gasteiger partial charge is 0.489 e. The standard InChI is InChI=1S/C26H30N2O2/c29-25(16-26-13-21-9-22(14-26)11-23(10-21)15-26)28-27-17-20-7-4-8-24(12-20)30-18-19-5-2-1-3-6-19/h1-8,12,17,21-23H,9-11,13-16,18H2,(H,28,29)/b27-17-. The third-order valence-electron chi connectivity index (χ3n) is 7.21. The molecule has 2 aromatic carbocycles. The lowest BCUT2D eigenvalue weighted by atomic mass is 9.49. The maximum Gasteiger partial charge on any atom is 0.240 e. The number of amides is 1. The van der Waals surface area contributed by atoms with Crippen molar-refractivity contribution in [2.75, 3.05) is 0 Å². The van der Waals surface area contributed by atoms with E-state index in [4.69, 9.17) is 4.74 Å². The molecule has 4 aliphatic carbocycles.